The van der Waals surface area contributed by atoms with Crippen molar-refractivity contribution >= 4 is 16.8 Å². The fraction of sp³-hybridized carbons (Fsp3) is 0.143. The molecule has 1 aromatic carbocycles. The molecule has 0 aliphatic heterocycles. The summed E-state index contributed by atoms with van der Waals surface area (Å²) in [6.07, 6.45) is 1.27. The fourth-order valence-corrected chi connectivity index (χ4v) is 2.63. The van der Waals surface area contributed by atoms with Crippen LogP contribution >= 0.6 is 0 Å². The quantitative estimate of drug-likeness (QED) is 0.913. The van der Waals surface area contributed by atoms with Crippen molar-refractivity contribution in [3.63, 3.8) is 0 Å². The summed E-state index contributed by atoms with van der Waals surface area (Å²) in [5, 5.41) is 8.77. The predicted octanol–water partition coefficient (Wildman–Crippen LogP) is 2.10. The average molecular weight is 291 g/mol. The molecule has 0 fully saturated rings. The lowest BCUT2D eigenvalue weighted by Gasteiger charge is -2.04. The summed E-state index contributed by atoms with van der Waals surface area (Å²) in [5.41, 5.74) is 0.702. The van der Waals surface area contributed by atoms with Crippen molar-refractivity contribution in [2.24, 2.45) is 0 Å². The molecule has 0 aliphatic carbocycles. The third-order valence-electron chi connectivity index (χ3n) is 2.67. The van der Waals surface area contributed by atoms with Crippen molar-refractivity contribution in [2.75, 3.05) is 7.11 Å². The van der Waals surface area contributed by atoms with Gasteiger partial charge in [-0.25, -0.2) is 4.79 Å². The minimum absolute atomic E-state index is 0.115. The topological polar surface area (TPSA) is 76.5 Å². The number of benzene rings is 1. The Balaban J connectivity index is 2.08. The zero-order valence-electron chi connectivity index (χ0n) is 10.8. The monoisotopic (exact) mass is 291 g/mol. The van der Waals surface area contributed by atoms with Crippen LogP contribution in [0.4, 0.5) is 0 Å². The van der Waals surface area contributed by atoms with Gasteiger partial charge in [-0.15, -0.1) is 0 Å². The van der Waals surface area contributed by atoms with Crippen LogP contribution in [-0.4, -0.2) is 27.4 Å². The van der Waals surface area contributed by atoms with E-state index in [9.17, 15) is 9.00 Å². The highest BCUT2D eigenvalue weighted by Crippen LogP contribution is 2.16. The number of carboxylic acids is 1. The molecule has 1 unspecified atom stereocenters. The molecule has 0 amide bonds. The molecule has 6 heteroatoms. The maximum atomic E-state index is 12.1. The Bertz CT molecular complexity index is 623. The van der Waals surface area contributed by atoms with E-state index >= 15 is 0 Å². The van der Waals surface area contributed by atoms with Crippen LogP contribution in [0.3, 0.4) is 0 Å². The Hall–Kier alpha value is -2.21. The van der Waals surface area contributed by atoms with Crippen LogP contribution in [-0.2, 0) is 16.6 Å². The van der Waals surface area contributed by atoms with Gasteiger partial charge < -0.3 is 9.84 Å². The first-order valence-corrected chi connectivity index (χ1v) is 7.12. The maximum absolute atomic E-state index is 12.1. The second-order valence-corrected chi connectivity index (χ2v) is 5.46. The number of nitrogens with zero attached hydrogens (tertiary/aromatic N) is 1. The van der Waals surface area contributed by atoms with Gasteiger partial charge in [-0.3, -0.25) is 9.19 Å². The third kappa shape index (κ3) is 3.42. The summed E-state index contributed by atoms with van der Waals surface area (Å²) in [7, 11) is 0.342. The summed E-state index contributed by atoms with van der Waals surface area (Å²) >= 11 is 0. The first-order chi connectivity index (χ1) is 9.60. The van der Waals surface area contributed by atoms with Crippen molar-refractivity contribution in [1.82, 2.24) is 4.98 Å². The second-order valence-electron chi connectivity index (χ2n) is 4.01. The van der Waals surface area contributed by atoms with Crippen LogP contribution in [0.5, 0.6) is 5.75 Å². The lowest BCUT2D eigenvalue weighted by molar-refractivity contribution is 0.0696. The van der Waals surface area contributed by atoms with E-state index in [-0.39, 0.29) is 11.3 Å². The number of ether oxygens (including phenoxy) is 1. The van der Waals surface area contributed by atoms with E-state index in [1.807, 2.05) is 0 Å². The van der Waals surface area contributed by atoms with E-state index in [0.29, 0.717) is 16.3 Å². The van der Waals surface area contributed by atoms with Gasteiger partial charge in [0.05, 0.1) is 34.9 Å². The van der Waals surface area contributed by atoms with Crippen molar-refractivity contribution in [3.05, 3.63) is 53.9 Å². The van der Waals surface area contributed by atoms with Crippen molar-refractivity contribution < 1.29 is 18.8 Å². The van der Waals surface area contributed by atoms with E-state index in [1.54, 1.807) is 37.4 Å². The molecule has 0 aliphatic rings. The summed E-state index contributed by atoms with van der Waals surface area (Å²) in [5.74, 6) is -0.0818. The molecular weight excluding hydrogens is 278 g/mol. The van der Waals surface area contributed by atoms with Gasteiger partial charge in [0.15, 0.2) is 0 Å². The molecule has 2 rings (SSSR count). The van der Waals surface area contributed by atoms with Gasteiger partial charge in [-0.2, -0.15) is 0 Å². The highest BCUT2D eigenvalue weighted by atomic mass is 32.2. The molecule has 20 heavy (non-hydrogen) atoms. The smallest absolute Gasteiger partial charge is 0.337 e. The Morgan fingerprint density at radius 3 is 2.45 bits per heavy atom. The maximum Gasteiger partial charge on any atom is 0.337 e. The van der Waals surface area contributed by atoms with Crippen LogP contribution < -0.4 is 4.74 Å². The molecule has 0 spiro atoms. The van der Waals surface area contributed by atoms with Gasteiger partial charge in [0.25, 0.3) is 0 Å². The number of rotatable bonds is 5. The molecule has 1 N–H and O–H groups in total. The minimum Gasteiger partial charge on any atom is -0.497 e. The number of carbonyl (C=O) groups is 1. The van der Waals surface area contributed by atoms with E-state index in [2.05, 4.69) is 4.98 Å². The van der Waals surface area contributed by atoms with Crippen LogP contribution in [0.1, 0.15) is 16.1 Å². The Morgan fingerprint density at radius 1 is 1.25 bits per heavy atom. The van der Waals surface area contributed by atoms with Gasteiger partial charge in [0, 0.05) is 11.1 Å². The lowest BCUT2D eigenvalue weighted by atomic mass is 10.2. The van der Waals surface area contributed by atoms with Gasteiger partial charge in [-0.1, -0.05) is 0 Å². The lowest BCUT2D eigenvalue weighted by Crippen LogP contribution is -2.02. The standard InChI is InChI=1S/C14H13NO4S/c1-19-12-4-6-13(7-5-12)20(18)9-11-3-2-10(8-15-11)14(16)17/h2-8H,9H2,1H3,(H,16,17). The van der Waals surface area contributed by atoms with Gasteiger partial charge in [0.1, 0.15) is 5.75 Å². The molecule has 104 valence electrons. The molecule has 1 aromatic heterocycles. The number of aromatic carboxylic acids is 1. The molecule has 5 nitrogen and oxygen atoms in total. The first-order valence-electron chi connectivity index (χ1n) is 5.81. The number of hydrogen-bond acceptors (Lipinski definition) is 4. The van der Waals surface area contributed by atoms with Crippen LogP contribution in [0.2, 0.25) is 0 Å². The zero-order valence-corrected chi connectivity index (χ0v) is 11.6. The number of pyridine rings is 1. The fourth-order valence-electron chi connectivity index (χ4n) is 1.58. The highest BCUT2D eigenvalue weighted by Gasteiger charge is 2.08. The molecule has 1 heterocycles. The summed E-state index contributed by atoms with van der Waals surface area (Å²) in [6, 6.07) is 9.99. The van der Waals surface area contributed by atoms with E-state index < -0.39 is 16.8 Å². The van der Waals surface area contributed by atoms with Crippen LogP contribution in [0, 0.1) is 0 Å². The Morgan fingerprint density at radius 2 is 1.95 bits per heavy atom. The van der Waals surface area contributed by atoms with Gasteiger partial charge >= 0.3 is 5.97 Å². The van der Waals surface area contributed by atoms with E-state index in [4.69, 9.17) is 9.84 Å². The largest absolute Gasteiger partial charge is 0.497 e. The summed E-state index contributed by atoms with van der Waals surface area (Å²) < 4.78 is 17.2. The molecular formula is C14H13NO4S. The zero-order chi connectivity index (χ0) is 14.5. The van der Waals surface area contributed by atoms with E-state index in [0.717, 1.165) is 0 Å². The number of aromatic nitrogens is 1. The van der Waals surface area contributed by atoms with E-state index in [1.165, 1.54) is 12.3 Å². The number of hydrogen-bond donors (Lipinski definition) is 1. The van der Waals surface area contributed by atoms with Crippen LogP contribution in [0.15, 0.2) is 47.5 Å². The summed E-state index contributed by atoms with van der Waals surface area (Å²) in [6.45, 7) is 0. The Labute approximate surface area is 118 Å². The summed E-state index contributed by atoms with van der Waals surface area (Å²) in [4.78, 5) is 15.4. The SMILES string of the molecule is COc1ccc(S(=O)Cc2ccc(C(=O)O)cn2)cc1. The molecule has 0 bridgehead atoms. The third-order valence-corrected chi connectivity index (χ3v) is 4.03. The molecule has 0 saturated heterocycles. The predicted molar refractivity (Wildman–Crippen MR) is 74.3 cm³/mol. The van der Waals surface area contributed by atoms with Gasteiger partial charge in [-0.05, 0) is 36.4 Å². The number of carboxylic acid groups (broad SMARTS) is 1. The molecule has 0 saturated carbocycles. The second kappa shape index (κ2) is 6.29. The van der Waals surface area contributed by atoms with Crippen molar-refractivity contribution in [1.29, 1.82) is 0 Å². The minimum atomic E-state index is -1.23. The normalized spacial score (nSPS) is 11.8. The molecule has 0 radical (unpaired) electrons. The Kier molecular flexibility index (Phi) is 4.47. The highest BCUT2D eigenvalue weighted by molar-refractivity contribution is 7.84. The molecule has 2 aromatic rings. The van der Waals surface area contributed by atoms with Crippen LogP contribution in [0.25, 0.3) is 0 Å². The average Bonchev–Trinajstić information content (AvgIpc) is 2.48. The number of methoxy groups -OCH3 is 1. The van der Waals surface area contributed by atoms with Crippen molar-refractivity contribution in [2.45, 2.75) is 10.6 Å². The van der Waals surface area contributed by atoms with Crippen molar-refractivity contribution in [3.8, 4) is 5.75 Å². The molecule has 1 atom stereocenters. The first kappa shape index (κ1) is 14.2. The van der Waals surface area contributed by atoms with Gasteiger partial charge in [0.2, 0.25) is 0 Å².